The van der Waals surface area contributed by atoms with E-state index < -0.39 is 18.5 Å². The van der Waals surface area contributed by atoms with Crippen LogP contribution in [-0.4, -0.2) is 58.6 Å². The van der Waals surface area contributed by atoms with Crippen LogP contribution in [0.25, 0.3) is 6.08 Å². The number of nitrogens with one attached hydrogen (secondary N) is 2. The highest BCUT2D eigenvalue weighted by atomic mass is 16.7. The van der Waals surface area contributed by atoms with Gasteiger partial charge in [0.05, 0.1) is 18.8 Å². The Balaban J connectivity index is 0.000000353. The fraction of sp³-hybridized carbons (Fsp3) is 0.694. The Morgan fingerprint density at radius 2 is 1.91 bits per heavy atom. The molecule has 2 aliphatic rings. The largest absolute Gasteiger partial charge is 0.446 e. The molecular formula is C36H59N3O4. The van der Waals surface area contributed by atoms with Gasteiger partial charge in [-0.2, -0.15) is 0 Å². The second-order valence-corrected chi connectivity index (χ2v) is 12.9. The molecule has 7 nitrogen and oxygen atoms in total. The van der Waals surface area contributed by atoms with Gasteiger partial charge in [-0.25, -0.2) is 0 Å². The molecule has 1 aromatic carbocycles. The van der Waals surface area contributed by atoms with Crippen LogP contribution in [0.2, 0.25) is 0 Å². The van der Waals surface area contributed by atoms with Crippen LogP contribution in [0.1, 0.15) is 133 Å². The van der Waals surface area contributed by atoms with Crippen molar-refractivity contribution in [3.63, 3.8) is 0 Å². The number of hydrogen-bond donors (Lipinski definition) is 4. The molecule has 242 valence electrons. The number of benzene rings is 1. The molecule has 4 rings (SSSR count). The second-order valence-electron chi connectivity index (χ2n) is 12.9. The van der Waals surface area contributed by atoms with E-state index in [0.717, 1.165) is 24.1 Å². The second kappa shape index (κ2) is 17.9. The minimum absolute atomic E-state index is 0.139. The lowest BCUT2D eigenvalue weighted by atomic mass is 9.73. The molecule has 0 radical (unpaired) electrons. The lowest BCUT2D eigenvalue weighted by Crippen LogP contribution is -2.40. The van der Waals surface area contributed by atoms with Gasteiger partial charge in [-0.1, -0.05) is 90.7 Å². The molecule has 2 aliphatic heterocycles. The molecule has 0 aliphatic carbocycles. The zero-order chi connectivity index (χ0) is 31.2. The number of aryl methyl sites for hydroxylation is 1. The van der Waals surface area contributed by atoms with E-state index in [4.69, 9.17) is 9.47 Å². The van der Waals surface area contributed by atoms with Crippen molar-refractivity contribution in [2.24, 2.45) is 5.41 Å². The van der Waals surface area contributed by atoms with E-state index in [9.17, 15) is 10.2 Å². The van der Waals surface area contributed by atoms with Crippen LogP contribution in [0, 0.1) is 12.3 Å². The number of ether oxygens (including phenoxy) is 2. The molecule has 43 heavy (non-hydrogen) atoms. The van der Waals surface area contributed by atoms with Crippen molar-refractivity contribution in [3.8, 4) is 5.88 Å². The average Bonchev–Trinajstić information content (AvgIpc) is 3.40. The number of allylic oxidation sites excluding steroid dienone is 1. The number of aromatic amines is 1. The van der Waals surface area contributed by atoms with E-state index in [2.05, 4.69) is 87.4 Å². The fourth-order valence-electron chi connectivity index (χ4n) is 6.26. The molecule has 3 atom stereocenters. The third-order valence-electron chi connectivity index (χ3n) is 9.20. The van der Waals surface area contributed by atoms with Gasteiger partial charge in [0.1, 0.15) is 0 Å². The molecule has 2 saturated heterocycles. The molecule has 2 aromatic rings. The van der Waals surface area contributed by atoms with Crippen LogP contribution in [0.5, 0.6) is 5.88 Å². The summed E-state index contributed by atoms with van der Waals surface area (Å²) in [6.45, 7) is 15.6. The minimum Gasteiger partial charge on any atom is -0.446 e. The van der Waals surface area contributed by atoms with Gasteiger partial charge >= 0.3 is 0 Å². The molecule has 7 heteroatoms. The highest BCUT2D eigenvalue weighted by Crippen LogP contribution is 2.37. The molecule has 3 unspecified atom stereocenters. The molecule has 2 fully saturated rings. The predicted molar refractivity (Wildman–Crippen MR) is 177 cm³/mol. The lowest BCUT2D eigenvalue weighted by Gasteiger charge is -2.37. The highest BCUT2D eigenvalue weighted by Gasteiger charge is 2.31. The highest BCUT2D eigenvalue weighted by molar-refractivity contribution is 5.52. The van der Waals surface area contributed by atoms with E-state index >= 15 is 0 Å². The van der Waals surface area contributed by atoms with Gasteiger partial charge in [-0.05, 0) is 73.7 Å². The molecule has 1 aromatic heterocycles. The van der Waals surface area contributed by atoms with Crippen LogP contribution in [0.4, 0.5) is 0 Å². The monoisotopic (exact) mass is 597 g/mol. The molecule has 0 spiro atoms. The summed E-state index contributed by atoms with van der Waals surface area (Å²) >= 11 is 0. The van der Waals surface area contributed by atoms with Gasteiger partial charge in [-0.15, -0.1) is 5.10 Å². The fourth-order valence-corrected chi connectivity index (χ4v) is 6.26. The Morgan fingerprint density at radius 3 is 2.53 bits per heavy atom. The first-order chi connectivity index (χ1) is 20.7. The summed E-state index contributed by atoms with van der Waals surface area (Å²) in [6, 6.07) is 6.53. The zero-order valence-corrected chi connectivity index (χ0v) is 27.8. The lowest BCUT2D eigenvalue weighted by molar-refractivity contribution is -0.186. The first-order valence-corrected chi connectivity index (χ1v) is 16.9. The standard InChI is InChI=1S/C25H36N2O4.C11H23N/c1-5-6-7-8-18-9-10-19(17(4)11-18)12-22-24(16(2)3)26-27-25(22)31-23-14-20(29)13-21(15-28)30-23;1-3-5-6-11(4-2)7-9-12-10-8-11/h7-11,16,20-21,23,28-29H,5-6,12-15H2,1-4H3,(H,26,27);12H,3-10H2,1-2H3/b8-7+;. The molecule has 3 heterocycles. The summed E-state index contributed by atoms with van der Waals surface area (Å²) in [4.78, 5) is 0. The quantitative estimate of drug-likeness (QED) is 0.192. The number of H-pyrrole nitrogens is 1. The van der Waals surface area contributed by atoms with Crippen LogP contribution in [0.15, 0.2) is 24.3 Å². The Hall–Kier alpha value is -2.19. The third kappa shape index (κ3) is 10.7. The van der Waals surface area contributed by atoms with Gasteiger partial charge in [0.15, 0.2) is 0 Å². The smallest absolute Gasteiger partial charge is 0.238 e. The normalized spacial score (nSPS) is 22.0. The van der Waals surface area contributed by atoms with Gasteiger partial charge in [0.25, 0.3) is 0 Å². The number of piperidine rings is 1. The molecule has 0 amide bonds. The van der Waals surface area contributed by atoms with Gasteiger partial charge in [-0.3, -0.25) is 5.10 Å². The predicted octanol–water partition coefficient (Wildman–Crippen LogP) is 7.44. The van der Waals surface area contributed by atoms with E-state index in [1.165, 1.54) is 68.3 Å². The Labute approximate surface area is 260 Å². The number of aromatic nitrogens is 2. The number of hydrogen-bond acceptors (Lipinski definition) is 6. The van der Waals surface area contributed by atoms with Crippen LogP contribution < -0.4 is 10.1 Å². The molecule has 0 saturated carbocycles. The zero-order valence-electron chi connectivity index (χ0n) is 27.8. The van der Waals surface area contributed by atoms with Crippen LogP contribution >= 0.6 is 0 Å². The van der Waals surface area contributed by atoms with Crippen molar-refractivity contribution in [2.45, 2.75) is 137 Å². The first kappa shape index (κ1) is 35.3. The van der Waals surface area contributed by atoms with Crippen molar-refractivity contribution >= 4 is 6.08 Å². The van der Waals surface area contributed by atoms with Crippen molar-refractivity contribution in [3.05, 3.63) is 52.2 Å². The van der Waals surface area contributed by atoms with E-state index in [1.54, 1.807) is 0 Å². The van der Waals surface area contributed by atoms with Crippen LogP contribution in [0.3, 0.4) is 0 Å². The van der Waals surface area contributed by atoms with E-state index in [0.29, 0.717) is 30.6 Å². The first-order valence-electron chi connectivity index (χ1n) is 16.9. The van der Waals surface area contributed by atoms with Gasteiger partial charge in [0.2, 0.25) is 12.2 Å². The summed E-state index contributed by atoms with van der Waals surface area (Å²) < 4.78 is 11.9. The number of nitrogens with zero attached hydrogens (tertiary/aromatic N) is 1. The maximum atomic E-state index is 10.1. The summed E-state index contributed by atoms with van der Waals surface area (Å²) in [5, 5.41) is 30.5. The Bertz CT molecular complexity index is 1110. The third-order valence-corrected chi connectivity index (χ3v) is 9.20. The van der Waals surface area contributed by atoms with E-state index in [1.807, 2.05) is 0 Å². The van der Waals surface area contributed by atoms with Gasteiger partial charge < -0.3 is 25.0 Å². The summed E-state index contributed by atoms with van der Waals surface area (Å²) in [7, 11) is 0. The summed E-state index contributed by atoms with van der Waals surface area (Å²) in [6.07, 6.45) is 14.9. The Kier molecular flexibility index (Phi) is 14.7. The number of aliphatic hydroxyl groups excluding tert-OH is 2. The van der Waals surface area contributed by atoms with Crippen molar-refractivity contribution < 1.29 is 19.7 Å². The minimum atomic E-state index is -0.630. The number of rotatable bonds is 13. The van der Waals surface area contributed by atoms with Crippen molar-refractivity contribution in [1.82, 2.24) is 15.5 Å². The Morgan fingerprint density at radius 1 is 1.14 bits per heavy atom. The summed E-state index contributed by atoms with van der Waals surface area (Å²) in [5.41, 5.74) is 6.42. The topological polar surface area (TPSA) is 99.6 Å². The SMILES string of the molecule is CCC/C=C/c1ccc(Cc2c(OC3CC(O)CC(CO)O3)n[nH]c2C(C)C)c(C)c1.CCCCC1(CC)CCNCC1. The summed E-state index contributed by atoms with van der Waals surface area (Å²) in [5.74, 6) is 0.769. The van der Waals surface area contributed by atoms with E-state index in [-0.39, 0.29) is 12.5 Å². The molecule has 4 N–H and O–H groups in total. The maximum absolute atomic E-state index is 10.1. The maximum Gasteiger partial charge on any atom is 0.238 e. The van der Waals surface area contributed by atoms with Crippen molar-refractivity contribution in [1.29, 1.82) is 0 Å². The van der Waals surface area contributed by atoms with Crippen molar-refractivity contribution in [2.75, 3.05) is 19.7 Å². The average molecular weight is 598 g/mol. The molecular weight excluding hydrogens is 538 g/mol. The van der Waals surface area contributed by atoms with Crippen LogP contribution in [-0.2, 0) is 11.2 Å². The number of aliphatic hydroxyl groups is 2. The van der Waals surface area contributed by atoms with Gasteiger partial charge in [0, 0.05) is 30.5 Å². The number of unbranched alkanes of at least 4 members (excludes halogenated alkanes) is 2. The molecule has 0 bridgehead atoms.